The molecule has 2 heterocycles. The summed E-state index contributed by atoms with van der Waals surface area (Å²) >= 11 is 0. The lowest BCUT2D eigenvalue weighted by atomic mass is 9.94. The van der Waals surface area contributed by atoms with E-state index in [0.717, 1.165) is 35.7 Å². The zero-order chi connectivity index (χ0) is 17.2. The van der Waals surface area contributed by atoms with Crippen molar-refractivity contribution < 1.29 is 9.18 Å². The fourth-order valence-electron chi connectivity index (χ4n) is 3.67. The molecule has 0 saturated carbocycles. The predicted molar refractivity (Wildman–Crippen MR) is 95.8 cm³/mol. The molecule has 1 aliphatic heterocycles. The van der Waals surface area contributed by atoms with Crippen molar-refractivity contribution in [2.45, 2.75) is 25.3 Å². The van der Waals surface area contributed by atoms with Crippen LogP contribution in [0.4, 0.5) is 4.39 Å². The first-order chi connectivity index (χ1) is 12.2. The van der Waals surface area contributed by atoms with Crippen molar-refractivity contribution in [3.8, 4) is 0 Å². The maximum Gasteiger partial charge on any atom is 0.256 e. The molecule has 3 aromatic rings. The number of hydrogen-bond acceptors (Lipinski definition) is 2. The van der Waals surface area contributed by atoms with Crippen molar-refractivity contribution in [3.05, 3.63) is 77.7 Å². The van der Waals surface area contributed by atoms with Crippen LogP contribution in [0.15, 0.2) is 60.8 Å². The molecule has 126 valence electrons. The number of rotatable bonds is 2. The molecular weight excluding hydrogens is 315 g/mol. The Kier molecular flexibility index (Phi) is 4.18. The summed E-state index contributed by atoms with van der Waals surface area (Å²) in [4.78, 5) is 19.6. The van der Waals surface area contributed by atoms with Crippen LogP contribution in [-0.4, -0.2) is 22.3 Å². The van der Waals surface area contributed by atoms with Crippen molar-refractivity contribution in [3.63, 3.8) is 0 Å². The van der Waals surface area contributed by atoms with Gasteiger partial charge in [-0.3, -0.25) is 9.78 Å². The van der Waals surface area contributed by atoms with E-state index in [1.807, 2.05) is 41.3 Å². The quantitative estimate of drug-likeness (QED) is 0.678. The van der Waals surface area contributed by atoms with Gasteiger partial charge in [-0.15, -0.1) is 0 Å². The van der Waals surface area contributed by atoms with E-state index >= 15 is 0 Å². The van der Waals surface area contributed by atoms with Gasteiger partial charge in [0.05, 0.1) is 17.1 Å². The lowest BCUT2D eigenvalue weighted by Gasteiger charge is -2.36. The molecule has 1 aliphatic rings. The van der Waals surface area contributed by atoms with Crippen molar-refractivity contribution >= 4 is 16.8 Å². The molecule has 1 unspecified atom stereocenters. The topological polar surface area (TPSA) is 33.2 Å². The zero-order valence-corrected chi connectivity index (χ0v) is 13.9. The Labute approximate surface area is 146 Å². The second-order valence-electron chi connectivity index (χ2n) is 6.45. The van der Waals surface area contributed by atoms with Gasteiger partial charge in [0.2, 0.25) is 0 Å². The highest BCUT2D eigenvalue weighted by Gasteiger charge is 2.29. The highest BCUT2D eigenvalue weighted by atomic mass is 19.1. The number of aromatic nitrogens is 1. The fraction of sp³-hybridized carbons (Fsp3) is 0.238. The van der Waals surface area contributed by atoms with Gasteiger partial charge in [0.25, 0.3) is 5.91 Å². The number of nitrogens with zero attached hydrogens (tertiary/aromatic N) is 2. The summed E-state index contributed by atoms with van der Waals surface area (Å²) in [6.07, 6.45) is 4.57. The van der Waals surface area contributed by atoms with Crippen molar-refractivity contribution in [2.75, 3.05) is 6.54 Å². The van der Waals surface area contributed by atoms with Gasteiger partial charge in [0.15, 0.2) is 0 Å². The molecule has 0 bridgehead atoms. The number of piperidine rings is 1. The summed E-state index contributed by atoms with van der Waals surface area (Å²) in [6.45, 7) is 0.684. The Bertz CT molecular complexity index is 919. The maximum absolute atomic E-state index is 13.7. The Hall–Kier alpha value is -2.75. The third-order valence-electron chi connectivity index (χ3n) is 4.86. The lowest BCUT2D eigenvalue weighted by molar-refractivity contribution is 0.0613. The van der Waals surface area contributed by atoms with Crippen molar-refractivity contribution in [2.24, 2.45) is 0 Å². The summed E-state index contributed by atoms with van der Waals surface area (Å²) in [7, 11) is 0. The van der Waals surface area contributed by atoms with Crippen molar-refractivity contribution in [1.82, 2.24) is 9.88 Å². The molecule has 1 atom stereocenters. The number of halogens is 1. The van der Waals surface area contributed by atoms with E-state index < -0.39 is 0 Å². The molecule has 0 N–H and O–H groups in total. The smallest absolute Gasteiger partial charge is 0.256 e. The monoisotopic (exact) mass is 334 g/mol. The highest BCUT2D eigenvalue weighted by molar-refractivity contribution is 6.05. The number of carbonyl (C=O) groups is 1. The summed E-state index contributed by atoms with van der Waals surface area (Å²) in [5.74, 6) is -0.291. The molecule has 2 aromatic carbocycles. The first-order valence-electron chi connectivity index (χ1n) is 8.64. The minimum atomic E-state index is -0.262. The first-order valence-corrected chi connectivity index (χ1v) is 8.64. The number of fused-ring (bicyclic) bond motifs is 1. The number of amides is 1. The van der Waals surface area contributed by atoms with E-state index in [1.54, 1.807) is 12.3 Å². The summed E-state index contributed by atoms with van der Waals surface area (Å²) in [5.41, 5.74) is 2.20. The van der Waals surface area contributed by atoms with Crippen LogP contribution in [0.5, 0.6) is 0 Å². The molecule has 3 nitrogen and oxygen atoms in total. The highest BCUT2D eigenvalue weighted by Crippen LogP contribution is 2.33. The van der Waals surface area contributed by atoms with E-state index in [1.165, 1.54) is 12.1 Å². The predicted octanol–water partition coefficient (Wildman–Crippen LogP) is 4.74. The fourth-order valence-corrected chi connectivity index (χ4v) is 3.67. The molecule has 1 amide bonds. The third kappa shape index (κ3) is 3.00. The van der Waals surface area contributed by atoms with Gasteiger partial charge in [-0.1, -0.05) is 30.3 Å². The summed E-state index contributed by atoms with van der Waals surface area (Å²) in [5, 5.41) is 0.952. The van der Waals surface area contributed by atoms with Crippen LogP contribution >= 0.6 is 0 Å². The van der Waals surface area contributed by atoms with Crippen LogP contribution in [0.3, 0.4) is 0 Å². The number of likely N-dealkylation sites (tertiary alicyclic amines) is 1. The minimum absolute atomic E-state index is 0.0294. The number of carbonyl (C=O) groups excluding carboxylic acids is 1. The molecule has 0 spiro atoms. The van der Waals surface area contributed by atoms with Gasteiger partial charge in [-0.05, 0) is 49.1 Å². The molecule has 4 heteroatoms. The number of benzene rings is 2. The number of para-hydroxylation sites is 1. The van der Waals surface area contributed by atoms with Gasteiger partial charge < -0.3 is 4.90 Å². The van der Waals surface area contributed by atoms with Crippen LogP contribution in [0.25, 0.3) is 10.9 Å². The number of hydrogen-bond donors (Lipinski definition) is 0. The van der Waals surface area contributed by atoms with E-state index in [9.17, 15) is 9.18 Å². The van der Waals surface area contributed by atoms with Gasteiger partial charge in [-0.2, -0.15) is 0 Å². The Morgan fingerprint density at radius 3 is 2.80 bits per heavy atom. The summed E-state index contributed by atoms with van der Waals surface area (Å²) in [6, 6.07) is 16.0. The van der Waals surface area contributed by atoms with E-state index in [4.69, 9.17) is 0 Å². The molecule has 25 heavy (non-hydrogen) atoms. The van der Waals surface area contributed by atoms with Gasteiger partial charge in [-0.25, -0.2) is 4.39 Å². The zero-order valence-electron chi connectivity index (χ0n) is 13.9. The Morgan fingerprint density at radius 2 is 1.92 bits per heavy atom. The second-order valence-corrected chi connectivity index (χ2v) is 6.45. The van der Waals surface area contributed by atoms with Gasteiger partial charge >= 0.3 is 0 Å². The first kappa shape index (κ1) is 15.8. The average molecular weight is 334 g/mol. The Balaban J connectivity index is 1.74. The van der Waals surface area contributed by atoms with Gasteiger partial charge in [0.1, 0.15) is 5.82 Å². The molecule has 1 fully saturated rings. The minimum Gasteiger partial charge on any atom is -0.332 e. The molecule has 4 rings (SSSR count). The van der Waals surface area contributed by atoms with Crippen LogP contribution in [-0.2, 0) is 0 Å². The van der Waals surface area contributed by atoms with Crippen LogP contribution in [0.1, 0.15) is 41.2 Å². The average Bonchev–Trinajstić information content (AvgIpc) is 2.67. The molecule has 0 radical (unpaired) electrons. The van der Waals surface area contributed by atoms with Gasteiger partial charge in [0, 0.05) is 18.1 Å². The molecule has 0 aliphatic carbocycles. The summed E-state index contributed by atoms with van der Waals surface area (Å²) < 4.78 is 13.7. The van der Waals surface area contributed by atoms with E-state index in [0.29, 0.717) is 12.1 Å². The van der Waals surface area contributed by atoms with Crippen molar-refractivity contribution in [1.29, 1.82) is 0 Å². The molecule has 1 saturated heterocycles. The maximum atomic E-state index is 13.7. The van der Waals surface area contributed by atoms with Crippen LogP contribution in [0, 0.1) is 5.82 Å². The Morgan fingerprint density at radius 1 is 1.08 bits per heavy atom. The lowest BCUT2D eigenvalue weighted by Crippen LogP contribution is -2.38. The van der Waals surface area contributed by atoms with E-state index in [2.05, 4.69) is 4.98 Å². The van der Waals surface area contributed by atoms with Crippen LogP contribution < -0.4 is 0 Å². The molecule has 1 aromatic heterocycles. The number of pyridine rings is 1. The second kappa shape index (κ2) is 6.63. The third-order valence-corrected chi connectivity index (χ3v) is 4.86. The largest absolute Gasteiger partial charge is 0.332 e. The van der Waals surface area contributed by atoms with Crippen LogP contribution in [0.2, 0.25) is 0 Å². The SMILES string of the molecule is O=C(c1cccc2cccnc12)N1CCCCC1c1cccc(F)c1. The molecular formula is C21H19FN2O. The standard InChI is InChI=1S/C21H19FN2O/c22-17-9-3-7-16(14-17)19-11-1-2-13-24(19)21(25)18-10-4-6-15-8-5-12-23-20(15)18/h3-10,12,14,19H,1-2,11,13H2. The van der Waals surface area contributed by atoms with E-state index in [-0.39, 0.29) is 17.8 Å². The normalized spacial score (nSPS) is 17.6.